The second-order valence-electron chi connectivity index (χ2n) is 11.6. The standard InChI is InChI=1S/C35H37ClN6O2/c36-31-11-10-27(22-30(31)32-8-4-5-17-37-32)35(44)40-28-13-18-41(19-14-28)24-25-9-12-33(38-23-25)42-20-15-29(16-21-42)39-34(43)26-6-2-1-3-7-26/h1-12,17,22-23,28-29H,13-16,18-21,24H2,(H,39,43)(H,40,44). The first-order valence-corrected chi connectivity index (χ1v) is 15.7. The van der Waals surface area contributed by atoms with E-state index in [2.05, 4.69) is 37.6 Å². The summed E-state index contributed by atoms with van der Waals surface area (Å²) in [7, 11) is 0. The van der Waals surface area contributed by atoms with E-state index in [1.165, 1.54) is 5.56 Å². The fraction of sp³-hybridized carbons (Fsp3) is 0.314. The molecular weight excluding hydrogens is 572 g/mol. The average molecular weight is 609 g/mol. The highest BCUT2D eigenvalue weighted by molar-refractivity contribution is 6.33. The van der Waals surface area contributed by atoms with Gasteiger partial charge in [-0.25, -0.2) is 4.98 Å². The molecule has 44 heavy (non-hydrogen) atoms. The van der Waals surface area contributed by atoms with Gasteiger partial charge in [-0.05, 0) is 79.8 Å². The summed E-state index contributed by atoms with van der Waals surface area (Å²) in [6, 6.07) is 25.0. The maximum Gasteiger partial charge on any atom is 0.251 e. The van der Waals surface area contributed by atoms with Crippen molar-refractivity contribution in [2.75, 3.05) is 31.1 Å². The Labute approximate surface area is 263 Å². The van der Waals surface area contributed by atoms with Crippen LogP contribution in [0.5, 0.6) is 0 Å². The van der Waals surface area contributed by atoms with Crippen molar-refractivity contribution in [1.82, 2.24) is 25.5 Å². The number of piperidine rings is 2. The van der Waals surface area contributed by atoms with Crippen LogP contribution in [-0.4, -0.2) is 64.9 Å². The molecule has 2 aliphatic heterocycles. The van der Waals surface area contributed by atoms with Crippen molar-refractivity contribution in [2.45, 2.75) is 44.3 Å². The fourth-order valence-electron chi connectivity index (χ4n) is 5.96. The number of aromatic nitrogens is 2. The molecule has 9 heteroatoms. The van der Waals surface area contributed by atoms with Crippen LogP contribution in [0.4, 0.5) is 5.82 Å². The maximum absolute atomic E-state index is 13.0. The number of halogens is 1. The summed E-state index contributed by atoms with van der Waals surface area (Å²) in [5.41, 5.74) is 3.98. The third-order valence-electron chi connectivity index (χ3n) is 8.50. The number of rotatable bonds is 8. The van der Waals surface area contributed by atoms with Gasteiger partial charge >= 0.3 is 0 Å². The molecule has 2 amide bonds. The molecule has 0 radical (unpaired) electrons. The molecule has 0 saturated carbocycles. The summed E-state index contributed by atoms with van der Waals surface area (Å²) >= 11 is 6.40. The SMILES string of the molecule is O=C(NC1CCN(Cc2ccc(N3CCC(NC(=O)c4ccccc4)CC3)nc2)CC1)c1ccc(Cl)c(-c2ccccn2)c1. The van der Waals surface area contributed by atoms with Crippen molar-refractivity contribution in [3.05, 3.63) is 113 Å². The number of pyridine rings is 2. The van der Waals surface area contributed by atoms with Gasteiger partial charge in [-0.15, -0.1) is 0 Å². The van der Waals surface area contributed by atoms with Crippen molar-refractivity contribution in [2.24, 2.45) is 0 Å². The van der Waals surface area contributed by atoms with Crippen LogP contribution in [0.2, 0.25) is 5.02 Å². The zero-order valence-electron chi connectivity index (χ0n) is 24.7. The molecule has 4 heterocycles. The highest BCUT2D eigenvalue weighted by Crippen LogP contribution is 2.27. The Hall–Kier alpha value is -4.27. The molecule has 2 aromatic carbocycles. The Morgan fingerprint density at radius 1 is 0.750 bits per heavy atom. The van der Waals surface area contributed by atoms with Gasteiger partial charge in [0.1, 0.15) is 5.82 Å². The number of anilines is 1. The van der Waals surface area contributed by atoms with Crippen LogP contribution in [0.15, 0.2) is 91.3 Å². The fourth-order valence-corrected chi connectivity index (χ4v) is 6.17. The summed E-state index contributed by atoms with van der Waals surface area (Å²) in [5, 5.41) is 6.96. The minimum Gasteiger partial charge on any atom is -0.356 e. The van der Waals surface area contributed by atoms with Crippen molar-refractivity contribution in [3.8, 4) is 11.3 Å². The predicted octanol–water partition coefficient (Wildman–Crippen LogP) is 5.59. The lowest BCUT2D eigenvalue weighted by Crippen LogP contribution is -2.45. The van der Waals surface area contributed by atoms with Gasteiger partial charge in [0.15, 0.2) is 0 Å². The smallest absolute Gasteiger partial charge is 0.251 e. The molecule has 0 atom stereocenters. The lowest BCUT2D eigenvalue weighted by Gasteiger charge is -2.34. The van der Waals surface area contributed by atoms with E-state index >= 15 is 0 Å². The van der Waals surface area contributed by atoms with Crippen molar-refractivity contribution < 1.29 is 9.59 Å². The van der Waals surface area contributed by atoms with Gasteiger partial charge < -0.3 is 15.5 Å². The molecule has 2 N–H and O–H groups in total. The van der Waals surface area contributed by atoms with Gasteiger partial charge in [-0.3, -0.25) is 19.5 Å². The Kier molecular flexibility index (Phi) is 9.48. The highest BCUT2D eigenvalue weighted by atomic mass is 35.5. The lowest BCUT2D eigenvalue weighted by molar-refractivity contribution is 0.0906. The molecule has 0 spiro atoms. The van der Waals surface area contributed by atoms with Crippen LogP contribution in [0.3, 0.4) is 0 Å². The maximum atomic E-state index is 13.0. The molecule has 0 aliphatic carbocycles. The highest BCUT2D eigenvalue weighted by Gasteiger charge is 2.24. The monoisotopic (exact) mass is 608 g/mol. The van der Waals surface area contributed by atoms with Gasteiger partial charge in [0, 0.05) is 73.9 Å². The summed E-state index contributed by atoms with van der Waals surface area (Å²) in [4.78, 5) is 39.4. The topological polar surface area (TPSA) is 90.5 Å². The molecule has 6 rings (SSSR count). The molecule has 4 aromatic rings. The zero-order chi connectivity index (χ0) is 30.3. The number of amides is 2. The van der Waals surface area contributed by atoms with Crippen molar-refractivity contribution in [3.63, 3.8) is 0 Å². The van der Waals surface area contributed by atoms with Gasteiger partial charge in [-0.2, -0.15) is 0 Å². The third-order valence-corrected chi connectivity index (χ3v) is 8.83. The van der Waals surface area contributed by atoms with Gasteiger partial charge in [0.25, 0.3) is 11.8 Å². The summed E-state index contributed by atoms with van der Waals surface area (Å²) in [6.07, 6.45) is 7.29. The second-order valence-corrected chi connectivity index (χ2v) is 12.0. The minimum absolute atomic E-state index is 0.00491. The van der Waals surface area contributed by atoms with Crippen LogP contribution in [-0.2, 0) is 6.54 Å². The van der Waals surface area contributed by atoms with Crippen LogP contribution >= 0.6 is 11.6 Å². The molecule has 226 valence electrons. The number of carbonyl (C=O) groups excluding carboxylic acids is 2. The Balaban J connectivity index is 0.941. The summed E-state index contributed by atoms with van der Waals surface area (Å²) in [5.74, 6) is 0.894. The Morgan fingerprint density at radius 2 is 1.43 bits per heavy atom. The quantitative estimate of drug-likeness (QED) is 0.271. The van der Waals surface area contributed by atoms with E-state index < -0.39 is 0 Å². The molecule has 2 fully saturated rings. The average Bonchev–Trinajstić information content (AvgIpc) is 3.07. The normalized spacial score (nSPS) is 16.4. The van der Waals surface area contributed by atoms with Crippen molar-refractivity contribution >= 4 is 29.2 Å². The number of nitrogens with zero attached hydrogens (tertiary/aromatic N) is 4. The van der Waals surface area contributed by atoms with Gasteiger partial charge in [-0.1, -0.05) is 41.9 Å². The van der Waals surface area contributed by atoms with E-state index in [9.17, 15) is 9.59 Å². The number of benzene rings is 2. The number of nitrogens with one attached hydrogen (secondary N) is 2. The molecule has 2 aliphatic rings. The first-order valence-electron chi connectivity index (χ1n) is 15.3. The van der Waals surface area contributed by atoms with E-state index in [0.717, 1.165) is 75.5 Å². The van der Waals surface area contributed by atoms with E-state index in [1.807, 2.05) is 60.8 Å². The van der Waals surface area contributed by atoms with E-state index in [4.69, 9.17) is 16.6 Å². The van der Waals surface area contributed by atoms with Gasteiger partial charge in [0.2, 0.25) is 0 Å². The first kappa shape index (κ1) is 29.8. The Morgan fingerprint density at radius 3 is 2.09 bits per heavy atom. The number of hydrogen-bond donors (Lipinski definition) is 2. The second kappa shape index (κ2) is 14.0. The zero-order valence-corrected chi connectivity index (χ0v) is 25.4. The van der Waals surface area contributed by atoms with Crippen LogP contribution < -0.4 is 15.5 Å². The van der Waals surface area contributed by atoms with E-state index in [0.29, 0.717) is 16.1 Å². The molecular formula is C35H37ClN6O2. The first-order chi connectivity index (χ1) is 21.5. The third kappa shape index (κ3) is 7.44. The van der Waals surface area contributed by atoms with E-state index in [1.54, 1.807) is 18.3 Å². The molecule has 8 nitrogen and oxygen atoms in total. The largest absolute Gasteiger partial charge is 0.356 e. The minimum atomic E-state index is -0.0836. The molecule has 2 saturated heterocycles. The van der Waals surface area contributed by atoms with Crippen molar-refractivity contribution in [1.29, 1.82) is 0 Å². The van der Waals surface area contributed by atoms with Crippen LogP contribution in [0.25, 0.3) is 11.3 Å². The number of hydrogen-bond acceptors (Lipinski definition) is 6. The lowest BCUT2D eigenvalue weighted by atomic mass is 10.0. The number of carbonyl (C=O) groups is 2. The van der Waals surface area contributed by atoms with E-state index in [-0.39, 0.29) is 23.9 Å². The van der Waals surface area contributed by atoms with Crippen LogP contribution in [0.1, 0.15) is 52.0 Å². The summed E-state index contributed by atoms with van der Waals surface area (Å²) < 4.78 is 0. The molecule has 2 aromatic heterocycles. The summed E-state index contributed by atoms with van der Waals surface area (Å²) in [6.45, 7) is 4.40. The number of likely N-dealkylation sites (tertiary alicyclic amines) is 1. The Bertz CT molecular complexity index is 1550. The molecule has 0 unspecified atom stereocenters. The predicted molar refractivity (Wildman–Crippen MR) is 174 cm³/mol. The van der Waals surface area contributed by atoms with Crippen LogP contribution in [0, 0.1) is 0 Å². The molecule has 0 bridgehead atoms. The van der Waals surface area contributed by atoms with Gasteiger partial charge in [0.05, 0.1) is 10.7 Å².